The van der Waals surface area contributed by atoms with Gasteiger partial charge in [-0.1, -0.05) is 24.3 Å². The van der Waals surface area contributed by atoms with E-state index >= 15 is 0 Å². The molecule has 5 heteroatoms. The van der Waals surface area contributed by atoms with Gasteiger partial charge in [0.05, 0.1) is 12.5 Å². The highest BCUT2D eigenvalue weighted by molar-refractivity contribution is 6.08. The normalized spacial score (nSPS) is 21.2. The van der Waals surface area contributed by atoms with Gasteiger partial charge in [0.1, 0.15) is 0 Å². The molecular weight excluding hydrogens is 314 g/mol. The molecule has 0 spiro atoms. The first kappa shape index (κ1) is 16.1. The number of carbonyl (C=O) groups is 1. The molecule has 0 saturated carbocycles. The number of carbonyl (C=O) groups excluding carboxylic acids is 1. The molecule has 2 atom stereocenters. The SMILES string of the molecule is Cn1c2ccccc2c2cc(CC(=O)N3CC[C@@H](N)[C@H](O)C3)ccc21. The van der Waals surface area contributed by atoms with Gasteiger partial charge in [-0.15, -0.1) is 0 Å². The third kappa shape index (κ3) is 2.79. The average molecular weight is 337 g/mol. The molecule has 25 heavy (non-hydrogen) atoms. The Hall–Kier alpha value is -2.37. The summed E-state index contributed by atoms with van der Waals surface area (Å²) in [6, 6.07) is 14.3. The number of fused-ring (bicyclic) bond motifs is 3. The van der Waals surface area contributed by atoms with Gasteiger partial charge in [-0.2, -0.15) is 0 Å². The van der Waals surface area contributed by atoms with Gasteiger partial charge in [-0.25, -0.2) is 0 Å². The minimum Gasteiger partial charge on any atom is -0.390 e. The van der Waals surface area contributed by atoms with Gasteiger partial charge in [-0.3, -0.25) is 4.79 Å². The second-order valence-electron chi connectivity index (χ2n) is 6.96. The molecule has 0 bridgehead atoms. The molecule has 3 aromatic rings. The van der Waals surface area contributed by atoms with E-state index in [9.17, 15) is 9.90 Å². The Labute approximate surface area is 146 Å². The van der Waals surface area contributed by atoms with Gasteiger partial charge in [0.15, 0.2) is 0 Å². The van der Waals surface area contributed by atoms with Gasteiger partial charge in [0.2, 0.25) is 5.91 Å². The number of amides is 1. The molecule has 1 aliphatic rings. The summed E-state index contributed by atoms with van der Waals surface area (Å²) in [5, 5.41) is 12.3. The molecule has 0 aliphatic carbocycles. The number of hydrogen-bond donors (Lipinski definition) is 2. The standard InChI is InChI=1S/C20H23N3O2/c1-22-17-5-3-2-4-14(17)15-10-13(6-7-18(15)22)11-20(25)23-9-8-16(21)19(24)12-23/h2-7,10,16,19,24H,8-9,11-12,21H2,1H3/t16-,19-/m1/s1. The van der Waals surface area contributed by atoms with Crippen molar-refractivity contribution in [2.75, 3.05) is 13.1 Å². The maximum absolute atomic E-state index is 12.6. The quantitative estimate of drug-likeness (QED) is 0.749. The molecule has 1 amide bonds. The number of para-hydroxylation sites is 1. The molecule has 1 aliphatic heterocycles. The predicted molar refractivity (Wildman–Crippen MR) is 99.3 cm³/mol. The van der Waals surface area contributed by atoms with Gasteiger partial charge >= 0.3 is 0 Å². The topological polar surface area (TPSA) is 71.5 Å². The smallest absolute Gasteiger partial charge is 0.227 e. The van der Waals surface area contributed by atoms with Gasteiger partial charge < -0.3 is 20.3 Å². The van der Waals surface area contributed by atoms with Crippen molar-refractivity contribution in [2.24, 2.45) is 12.8 Å². The minimum atomic E-state index is -0.627. The van der Waals surface area contributed by atoms with E-state index in [0.29, 0.717) is 25.9 Å². The van der Waals surface area contributed by atoms with Crippen LogP contribution in [0.5, 0.6) is 0 Å². The first-order valence-corrected chi connectivity index (χ1v) is 8.72. The van der Waals surface area contributed by atoms with E-state index in [1.807, 2.05) is 18.2 Å². The summed E-state index contributed by atoms with van der Waals surface area (Å²) in [5.74, 6) is 0.0468. The second kappa shape index (κ2) is 6.17. The number of aryl methyl sites for hydroxylation is 1. The number of likely N-dealkylation sites (tertiary alicyclic amines) is 1. The van der Waals surface area contributed by atoms with Crippen molar-refractivity contribution in [3.05, 3.63) is 48.0 Å². The number of nitrogens with zero attached hydrogens (tertiary/aromatic N) is 2. The van der Waals surface area contributed by atoms with Crippen LogP contribution < -0.4 is 5.73 Å². The van der Waals surface area contributed by atoms with E-state index in [1.165, 1.54) is 16.3 Å². The zero-order valence-corrected chi connectivity index (χ0v) is 14.4. The van der Waals surface area contributed by atoms with Crippen molar-refractivity contribution in [3.63, 3.8) is 0 Å². The number of aromatic nitrogens is 1. The highest BCUT2D eigenvalue weighted by atomic mass is 16.3. The fourth-order valence-electron chi connectivity index (χ4n) is 3.79. The minimum absolute atomic E-state index is 0.0468. The van der Waals surface area contributed by atoms with E-state index < -0.39 is 6.10 Å². The second-order valence-corrected chi connectivity index (χ2v) is 6.96. The van der Waals surface area contributed by atoms with E-state index in [0.717, 1.165) is 11.1 Å². The van der Waals surface area contributed by atoms with Crippen LogP contribution in [0.15, 0.2) is 42.5 Å². The number of nitrogens with two attached hydrogens (primary N) is 1. The number of piperidine rings is 1. The summed E-state index contributed by atoms with van der Waals surface area (Å²) in [7, 11) is 2.06. The zero-order chi connectivity index (χ0) is 17.6. The lowest BCUT2D eigenvalue weighted by Crippen LogP contribution is -2.52. The lowest BCUT2D eigenvalue weighted by Gasteiger charge is -2.34. The molecule has 1 saturated heterocycles. The summed E-state index contributed by atoms with van der Waals surface area (Å²) in [5.41, 5.74) is 9.17. The van der Waals surface area contributed by atoms with Crippen LogP contribution in [0.3, 0.4) is 0 Å². The largest absolute Gasteiger partial charge is 0.390 e. The predicted octanol–water partition coefficient (Wildman–Crippen LogP) is 1.79. The van der Waals surface area contributed by atoms with Crippen LogP contribution in [0.25, 0.3) is 21.8 Å². The van der Waals surface area contributed by atoms with Gasteiger partial charge in [0.25, 0.3) is 0 Å². The van der Waals surface area contributed by atoms with Gasteiger partial charge in [-0.05, 0) is 30.2 Å². The first-order valence-electron chi connectivity index (χ1n) is 8.72. The molecule has 130 valence electrons. The third-order valence-electron chi connectivity index (χ3n) is 5.32. The highest BCUT2D eigenvalue weighted by Crippen LogP contribution is 2.29. The van der Waals surface area contributed by atoms with Crippen molar-refractivity contribution in [3.8, 4) is 0 Å². The summed E-state index contributed by atoms with van der Waals surface area (Å²) < 4.78 is 2.18. The fourth-order valence-corrected chi connectivity index (χ4v) is 3.79. The van der Waals surface area contributed by atoms with E-state index in [2.05, 4.69) is 35.9 Å². The molecular formula is C20H23N3O2. The average Bonchev–Trinajstić information content (AvgIpc) is 2.90. The summed E-state index contributed by atoms with van der Waals surface area (Å²) in [6.45, 7) is 0.948. The van der Waals surface area contributed by atoms with Crippen molar-refractivity contribution in [1.82, 2.24) is 9.47 Å². The molecule has 0 unspecified atom stereocenters. The third-order valence-corrected chi connectivity index (χ3v) is 5.32. The maximum Gasteiger partial charge on any atom is 0.227 e. The zero-order valence-electron chi connectivity index (χ0n) is 14.4. The highest BCUT2D eigenvalue weighted by Gasteiger charge is 2.27. The molecule has 5 nitrogen and oxygen atoms in total. The Morgan fingerprint density at radius 2 is 1.96 bits per heavy atom. The summed E-state index contributed by atoms with van der Waals surface area (Å²) >= 11 is 0. The fraction of sp³-hybridized carbons (Fsp3) is 0.350. The van der Waals surface area contributed by atoms with Gasteiger partial charge in [0, 0.05) is 48.0 Å². The van der Waals surface area contributed by atoms with E-state index in [4.69, 9.17) is 5.73 Å². The van der Waals surface area contributed by atoms with Crippen molar-refractivity contribution in [2.45, 2.75) is 25.0 Å². The first-order chi connectivity index (χ1) is 12.0. The number of β-amino-alcohol motifs (C(OH)–C–C–N with tert-alkyl or cyclic N) is 1. The molecule has 2 heterocycles. The van der Waals surface area contributed by atoms with Crippen LogP contribution in [0.1, 0.15) is 12.0 Å². The van der Waals surface area contributed by atoms with Crippen LogP contribution >= 0.6 is 0 Å². The number of aliphatic hydroxyl groups is 1. The Bertz CT molecular complexity index is 947. The van der Waals surface area contributed by atoms with Crippen LogP contribution in [-0.2, 0) is 18.3 Å². The van der Waals surface area contributed by atoms with Crippen LogP contribution in [0, 0.1) is 0 Å². The van der Waals surface area contributed by atoms with Crippen LogP contribution in [0.2, 0.25) is 0 Å². The Morgan fingerprint density at radius 3 is 2.76 bits per heavy atom. The Morgan fingerprint density at radius 1 is 1.20 bits per heavy atom. The lowest BCUT2D eigenvalue weighted by atomic mass is 10.0. The maximum atomic E-state index is 12.6. The molecule has 2 aromatic carbocycles. The number of aliphatic hydroxyl groups excluding tert-OH is 1. The lowest BCUT2D eigenvalue weighted by molar-refractivity contribution is -0.133. The van der Waals surface area contributed by atoms with Crippen LogP contribution in [-0.4, -0.2) is 45.7 Å². The summed E-state index contributed by atoms with van der Waals surface area (Å²) in [6.07, 6.45) is 0.370. The molecule has 1 aromatic heterocycles. The molecule has 0 radical (unpaired) electrons. The Kier molecular flexibility index (Phi) is 3.98. The number of hydrogen-bond acceptors (Lipinski definition) is 3. The number of benzene rings is 2. The number of rotatable bonds is 2. The molecule has 4 rings (SSSR count). The van der Waals surface area contributed by atoms with E-state index in [1.54, 1.807) is 4.90 Å². The van der Waals surface area contributed by atoms with E-state index in [-0.39, 0.29) is 11.9 Å². The Balaban J connectivity index is 1.62. The van der Waals surface area contributed by atoms with Crippen LogP contribution in [0.4, 0.5) is 0 Å². The molecule has 3 N–H and O–H groups in total. The monoisotopic (exact) mass is 337 g/mol. The van der Waals surface area contributed by atoms with Crippen molar-refractivity contribution >= 4 is 27.7 Å². The van der Waals surface area contributed by atoms with Crippen molar-refractivity contribution < 1.29 is 9.90 Å². The summed E-state index contributed by atoms with van der Waals surface area (Å²) in [4.78, 5) is 14.3. The molecule has 1 fully saturated rings. The van der Waals surface area contributed by atoms with Crippen molar-refractivity contribution in [1.29, 1.82) is 0 Å².